The van der Waals surface area contributed by atoms with Gasteiger partial charge in [0.15, 0.2) is 0 Å². The van der Waals surface area contributed by atoms with Crippen LogP contribution in [0, 0.1) is 24.2 Å². The number of esters is 1. The molecule has 0 amide bonds. The number of ether oxygens (including phenoxy) is 3. The minimum atomic E-state index is -0.310. The van der Waals surface area contributed by atoms with Crippen LogP contribution >= 0.6 is 0 Å². The van der Waals surface area contributed by atoms with E-state index >= 15 is 0 Å². The van der Waals surface area contributed by atoms with Gasteiger partial charge in [0.25, 0.3) is 0 Å². The topological polar surface area (TPSA) is 44.8 Å². The lowest BCUT2D eigenvalue weighted by Gasteiger charge is -2.61. The lowest BCUT2D eigenvalue weighted by Crippen LogP contribution is -2.57. The molecule has 4 aliphatic rings. The van der Waals surface area contributed by atoms with E-state index in [9.17, 15) is 4.79 Å². The first-order valence-electron chi connectivity index (χ1n) is 11.5. The number of rotatable bonds is 7. The number of aryl methyl sites for hydroxylation is 1. The van der Waals surface area contributed by atoms with Gasteiger partial charge in [0.05, 0.1) is 12.5 Å². The Morgan fingerprint density at radius 3 is 2.19 bits per heavy atom. The molecule has 4 fully saturated rings. The maximum Gasteiger partial charge on any atom is 0.312 e. The zero-order valence-electron chi connectivity index (χ0n) is 18.6. The van der Waals surface area contributed by atoms with E-state index in [1.165, 1.54) is 30.4 Å². The molecule has 2 aromatic rings. The number of methoxy groups -OCH3 is 1. The second-order valence-corrected chi connectivity index (χ2v) is 10.0. The van der Waals surface area contributed by atoms with Crippen LogP contribution in [0.4, 0.5) is 0 Å². The summed E-state index contributed by atoms with van der Waals surface area (Å²) in [6.07, 6.45) is 6.66. The van der Waals surface area contributed by atoms with Gasteiger partial charge in [-0.2, -0.15) is 0 Å². The highest BCUT2D eigenvalue weighted by Crippen LogP contribution is 2.66. The summed E-state index contributed by atoms with van der Waals surface area (Å²) < 4.78 is 16.7. The van der Waals surface area contributed by atoms with Crippen molar-refractivity contribution >= 4 is 5.97 Å². The molecule has 0 unspecified atom stereocenters. The van der Waals surface area contributed by atoms with Gasteiger partial charge in [0, 0.05) is 0 Å². The molecule has 0 aliphatic heterocycles. The Bertz CT molecular complexity index is 917. The van der Waals surface area contributed by atoms with Gasteiger partial charge in [0.2, 0.25) is 0 Å². The third kappa shape index (κ3) is 3.81. The van der Waals surface area contributed by atoms with Gasteiger partial charge < -0.3 is 14.2 Å². The molecule has 2 aromatic carbocycles. The molecule has 0 heterocycles. The molecule has 6 rings (SSSR count). The average molecular weight is 421 g/mol. The summed E-state index contributed by atoms with van der Waals surface area (Å²) in [5.41, 5.74) is 2.55. The quantitative estimate of drug-likeness (QED) is 0.440. The van der Waals surface area contributed by atoms with E-state index in [0.29, 0.717) is 25.0 Å². The van der Waals surface area contributed by atoms with Crippen LogP contribution in [0.25, 0.3) is 0 Å². The average Bonchev–Trinajstić information content (AvgIpc) is 2.76. The predicted octanol–water partition coefficient (Wildman–Crippen LogP) is 5.46. The molecule has 164 valence electrons. The second kappa shape index (κ2) is 7.89. The van der Waals surface area contributed by atoms with Crippen LogP contribution in [0.5, 0.6) is 11.5 Å². The van der Waals surface area contributed by atoms with E-state index < -0.39 is 0 Å². The summed E-state index contributed by atoms with van der Waals surface area (Å²) in [6, 6.07) is 16.5. The number of carbonyl (C=O) groups is 1. The number of benzene rings is 2. The Morgan fingerprint density at radius 1 is 0.903 bits per heavy atom. The fourth-order valence-electron chi connectivity index (χ4n) is 6.87. The van der Waals surface area contributed by atoms with Crippen molar-refractivity contribution < 1.29 is 19.0 Å². The van der Waals surface area contributed by atoms with E-state index in [1.807, 2.05) is 24.3 Å². The smallest absolute Gasteiger partial charge is 0.312 e. The number of hydrogen-bond donors (Lipinski definition) is 0. The monoisotopic (exact) mass is 420 g/mol. The Kier molecular flexibility index (Phi) is 5.19. The van der Waals surface area contributed by atoms with Gasteiger partial charge in [-0.25, -0.2) is 0 Å². The van der Waals surface area contributed by atoms with Crippen molar-refractivity contribution in [2.75, 3.05) is 20.3 Å². The zero-order valence-corrected chi connectivity index (χ0v) is 18.6. The lowest BCUT2D eigenvalue weighted by molar-refractivity contribution is -0.174. The molecular formula is C27H32O4. The minimum absolute atomic E-state index is 0.00332. The Labute approximate surface area is 184 Å². The van der Waals surface area contributed by atoms with Gasteiger partial charge in [-0.3, -0.25) is 4.79 Å². The van der Waals surface area contributed by atoms with Crippen molar-refractivity contribution in [3.63, 3.8) is 0 Å². The predicted molar refractivity (Wildman–Crippen MR) is 119 cm³/mol. The highest BCUT2D eigenvalue weighted by molar-refractivity contribution is 5.78. The molecule has 0 radical (unpaired) electrons. The second-order valence-electron chi connectivity index (χ2n) is 10.0. The van der Waals surface area contributed by atoms with E-state index in [4.69, 9.17) is 14.2 Å². The summed E-state index contributed by atoms with van der Waals surface area (Å²) in [5.74, 6) is 2.83. The van der Waals surface area contributed by atoms with Crippen molar-refractivity contribution in [3.05, 3.63) is 59.7 Å². The van der Waals surface area contributed by atoms with E-state index in [2.05, 4.69) is 31.2 Å². The normalized spacial score (nSPS) is 30.8. The van der Waals surface area contributed by atoms with Crippen LogP contribution in [0.1, 0.15) is 49.7 Å². The van der Waals surface area contributed by atoms with E-state index in [1.54, 1.807) is 7.11 Å². The first kappa shape index (κ1) is 20.4. The lowest BCUT2D eigenvalue weighted by atomic mass is 9.43. The molecule has 4 nitrogen and oxygen atoms in total. The molecular weight excluding hydrogens is 388 g/mol. The van der Waals surface area contributed by atoms with Gasteiger partial charge in [-0.05, 0) is 92.5 Å². The zero-order chi connectivity index (χ0) is 21.5. The van der Waals surface area contributed by atoms with Crippen LogP contribution in [0.3, 0.4) is 0 Å². The first-order valence-corrected chi connectivity index (χ1v) is 11.5. The maximum atomic E-state index is 13.3. The Morgan fingerprint density at radius 2 is 1.55 bits per heavy atom. The molecule has 0 N–H and O–H groups in total. The third-order valence-electron chi connectivity index (χ3n) is 7.80. The van der Waals surface area contributed by atoms with Gasteiger partial charge in [-0.15, -0.1) is 0 Å². The molecule has 4 saturated carbocycles. The first-order chi connectivity index (χ1) is 15.0. The van der Waals surface area contributed by atoms with Crippen molar-refractivity contribution in [3.8, 4) is 11.5 Å². The van der Waals surface area contributed by atoms with Gasteiger partial charge >= 0.3 is 5.97 Å². The summed E-state index contributed by atoms with van der Waals surface area (Å²) >= 11 is 0. The van der Waals surface area contributed by atoms with Crippen molar-refractivity contribution in [1.29, 1.82) is 0 Å². The number of hydrogen-bond acceptors (Lipinski definition) is 4. The van der Waals surface area contributed by atoms with E-state index in [-0.39, 0.29) is 16.8 Å². The van der Waals surface area contributed by atoms with Crippen LogP contribution in [0.15, 0.2) is 48.5 Å². The molecule has 31 heavy (non-hydrogen) atoms. The SMILES string of the molecule is COc1ccc(OCCOC(=O)C23C[C@H]4C[C@H](C2)CC(c2ccc(C)cc2)(C4)C3)cc1. The molecule has 2 atom stereocenters. The van der Waals surface area contributed by atoms with Gasteiger partial charge in [0.1, 0.15) is 24.7 Å². The molecule has 4 heteroatoms. The molecule has 0 aromatic heterocycles. The largest absolute Gasteiger partial charge is 0.497 e. The molecule has 4 aliphatic carbocycles. The molecule has 0 saturated heterocycles. The van der Waals surface area contributed by atoms with E-state index in [0.717, 1.165) is 30.8 Å². The Hall–Kier alpha value is -2.49. The van der Waals surface area contributed by atoms with Crippen LogP contribution < -0.4 is 9.47 Å². The van der Waals surface area contributed by atoms with Crippen LogP contribution in [-0.2, 0) is 14.9 Å². The van der Waals surface area contributed by atoms with Crippen LogP contribution in [0.2, 0.25) is 0 Å². The highest BCUT2D eigenvalue weighted by Gasteiger charge is 2.61. The fraction of sp³-hybridized carbons (Fsp3) is 0.519. The molecule has 0 spiro atoms. The summed E-state index contributed by atoms with van der Waals surface area (Å²) in [5, 5.41) is 0. The minimum Gasteiger partial charge on any atom is -0.497 e. The maximum absolute atomic E-state index is 13.3. The summed E-state index contributed by atoms with van der Waals surface area (Å²) in [7, 11) is 1.64. The highest BCUT2D eigenvalue weighted by atomic mass is 16.6. The molecule has 4 bridgehead atoms. The summed E-state index contributed by atoms with van der Waals surface area (Å²) in [4.78, 5) is 13.3. The summed E-state index contributed by atoms with van der Waals surface area (Å²) in [6.45, 7) is 2.79. The fourth-order valence-corrected chi connectivity index (χ4v) is 6.87. The number of carbonyl (C=O) groups excluding carboxylic acids is 1. The van der Waals surface area contributed by atoms with Crippen molar-refractivity contribution in [2.45, 2.75) is 50.9 Å². The van der Waals surface area contributed by atoms with Crippen LogP contribution in [-0.4, -0.2) is 26.3 Å². The van der Waals surface area contributed by atoms with Gasteiger partial charge in [-0.1, -0.05) is 29.8 Å². The van der Waals surface area contributed by atoms with Crippen molar-refractivity contribution in [1.82, 2.24) is 0 Å². The standard InChI is InChI=1S/C27H32O4/c1-19-3-5-22(6-4-19)26-14-20-13-21(15-26)17-27(16-20,18-26)25(28)31-12-11-30-24-9-7-23(29-2)8-10-24/h3-10,20-21H,11-18H2,1-2H3/t20-,21-,26?,27?/m0/s1. The Balaban J connectivity index is 1.24. The van der Waals surface area contributed by atoms with Crippen molar-refractivity contribution in [2.24, 2.45) is 17.3 Å². The third-order valence-corrected chi connectivity index (χ3v) is 7.80.